The van der Waals surface area contributed by atoms with E-state index in [2.05, 4.69) is 15.9 Å². The van der Waals surface area contributed by atoms with E-state index < -0.39 is 5.91 Å². The SMILES string of the molecule is CN(C(=O)C#N)c1ccccc1Br. The number of carbonyl (C=O) groups is 1. The topological polar surface area (TPSA) is 44.1 Å². The molecule has 0 atom stereocenters. The average Bonchev–Trinajstić information content (AvgIpc) is 2.16. The molecule has 0 heterocycles. The van der Waals surface area contributed by atoms with Gasteiger partial charge in [0.2, 0.25) is 0 Å². The molecule has 1 aromatic rings. The van der Waals surface area contributed by atoms with Crippen LogP contribution in [0.25, 0.3) is 0 Å². The Bertz CT molecular complexity index is 370. The van der Waals surface area contributed by atoms with E-state index >= 15 is 0 Å². The molecule has 0 aliphatic carbocycles. The predicted octanol–water partition coefficient (Wildman–Crippen LogP) is 1.94. The van der Waals surface area contributed by atoms with Crippen LogP contribution in [0.2, 0.25) is 0 Å². The number of anilines is 1. The second-order valence-corrected chi connectivity index (χ2v) is 3.28. The van der Waals surface area contributed by atoms with E-state index in [0.717, 1.165) is 4.47 Å². The summed E-state index contributed by atoms with van der Waals surface area (Å²) in [7, 11) is 1.56. The Labute approximate surface area is 84.7 Å². The lowest BCUT2D eigenvalue weighted by Crippen LogP contribution is -2.24. The number of amides is 1. The van der Waals surface area contributed by atoms with E-state index in [0.29, 0.717) is 5.69 Å². The Hall–Kier alpha value is -1.34. The van der Waals surface area contributed by atoms with Crippen molar-refractivity contribution in [3.8, 4) is 6.07 Å². The molecule has 13 heavy (non-hydrogen) atoms. The van der Waals surface area contributed by atoms with Crippen molar-refractivity contribution in [3.05, 3.63) is 28.7 Å². The summed E-state index contributed by atoms with van der Waals surface area (Å²) in [6.07, 6.45) is 0. The molecule has 1 rings (SSSR count). The van der Waals surface area contributed by atoms with Crippen LogP contribution in [0.3, 0.4) is 0 Å². The van der Waals surface area contributed by atoms with Crippen LogP contribution < -0.4 is 4.90 Å². The van der Waals surface area contributed by atoms with Crippen molar-refractivity contribution in [2.45, 2.75) is 0 Å². The molecule has 0 saturated carbocycles. The third-order valence-electron chi connectivity index (χ3n) is 1.61. The first-order valence-corrected chi connectivity index (χ1v) is 4.38. The highest BCUT2D eigenvalue weighted by molar-refractivity contribution is 9.10. The molecule has 0 aromatic heterocycles. The lowest BCUT2D eigenvalue weighted by Gasteiger charge is -2.14. The summed E-state index contributed by atoms with van der Waals surface area (Å²) in [5.41, 5.74) is 0.689. The van der Waals surface area contributed by atoms with E-state index in [-0.39, 0.29) is 0 Å². The maximum absolute atomic E-state index is 11.0. The molecule has 1 aromatic carbocycles. The number of hydrogen-bond acceptors (Lipinski definition) is 2. The van der Waals surface area contributed by atoms with E-state index in [1.165, 1.54) is 4.90 Å². The van der Waals surface area contributed by atoms with Gasteiger partial charge >= 0.3 is 5.91 Å². The Morgan fingerprint density at radius 2 is 2.15 bits per heavy atom. The highest BCUT2D eigenvalue weighted by Gasteiger charge is 2.11. The first kappa shape index (κ1) is 9.75. The highest BCUT2D eigenvalue weighted by Crippen LogP contribution is 2.24. The van der Waals surface area contributed by atoms with Crippen molar-refractivity contribution in [1.29, 1.82) is 5.26 Å². The molecule has 0 unspecified atom stereocenters. The number of nitriles is 1. The molecule has 0 bridgehead atoms. The molecular weight excluding hydrogens is 232 g/mol. The number of para-hydroxylation sites is 1. The summed E-state index contributed by atoms with van der Waals surface area (Å²) in [5, 5.41) is 8.40. The van der Waals surface area contributed by atoms with Crippen molar-refractivity contribution in [2.75, 3.05) is 11.9 Å². The molecule has 0 fully saturated rings. The van der Waals surface area contributed by atoms with Gasteiger partial charge in [0.1, 0.15) is 0 Å². The van der Waals surface area contributed by atoms with Crippen molar-refractivity contribution >= 4 is 27.5 Å². The van der Waals surface area contributed by atoms with Gasteiger partial charge in [-0.15, -0.1) is 0 Å². The minimum absolute atomic E-state index is 0.577. The van der Waals surface area contributed by atoms with E-state index in [9.17, 15) is 4.79 Å². The Morgan fingerprint density at radius 1 is 1.54 bits per heavy atom. The van der Waals surface area contributed by atoms with Crippen molar-refractivity contribution in [1.82, 2.24) is 0 Å². The van der Waals surface area contributed by atoms with Gasteiger partial charge in [0, 0.05) is 11.5 Å². The van der Waals surface area contributed by atoms with Gasteiger partial charge in [0.25, 0.3) is 0 Å². The summed E-state index contributed by atoms with van der Waals surface area (Å²) in [4.78, 5) is 12.3. The quantitative estimate of drug-likeness (QED) is 0.703. The fourth-order valence-electron chi connectivity index (χ4n) is 0.908. The highest BCUT2D eigenvalue weighted by atomic mass is 79.9. The summed E-state index contributed by atoms with van der Waals surface area (Å²) in [5.74, 6) is -0.577. The van der Waals surface area contributed by atoms with Crippen LogP contribution in [0.4, 0.5) is 5.69 Å². The first-order valence-electron chi connectivity index (χ1n) is 3.59. The standard InChI is InChI=1S/C9H7BrN2O/c1-12(9(13)6-11)8-5-3-2-4-7(8)10/h2-5H,1H3. The van der Waals surface area contributed by atoms with Crippen LogP contribution in [0, 0.1) is 11.3 Å². The van der Waals surface area contributed by atoms with Crippen LogP contribution in [0.1, 0.15) is 0 Å². The third-order valence-corrected chi connectivity index (χ3v) is 2.28. The van der Waals surface area contributed by atoms with Crippen LogP contribution in [-0.4, -0.2) is 13.0 Å². The number of hydrogen-bond donors (Lipinski definition) is 0. The van der Waals surface area contributed by atoms with Gasteiger partial charge in [-0.1, -0.05) is 12.1 Å². The zero-order valence-electron chi connectivity index (χ0n) is 6.99. The number of rotatable bonds is 1. The van der Waals surface area contributed by atoms with Crippen LogP contribution >= 0.6 is 15.9 Å². The van der Waals surface area contributed by atoms with Gasteiger partial charge in [-0.05, 0) is 28.1 Å². The number of benzene rings is 1. The van der Waals surface area contributed by atoms with Gasteiger partial charge in [-0.3, -0.25) is 4.79 Å². The molecular formula is C9H7BrN2O. The Morgan fingerprint density at radius 3 is 2.69 bits per heavy atom. The maximum Gasteiger partial charge on any atom is 0.329 e. The molecule has 66 valence electrons. The largest absolute Gasteiger partial charge is 0.329 e. The monoisotopic (exact) mass is 238 g/mol. The number of carbonyl (C=O) groups excluding carboxylic acids is 1. The minimum Gasteiger partial charge on any atom is -0.302 e. The fraction of sp³-hybridized carbons (Fsp3) is 0.111. The van der Waals surface area contributed by atoms with Gasteiger partial charge in [0.05, 0.1) is 5.69 Å². The average molecular weight is 239 g/mol. The Balaban J connectivity index is 3.03. The number of halogens is 1. The summed E-state index contributed by atoms with van der Waals surface area (Å²) in [6, 6.07) is 8.79. The van der Waals surface area contributed by atoms with E-state index in [1.54, 1.807) is 25.2 Å². The van der Waals surface area contributed by atoms with Gasteiger partial charge < -0.3 is 4.90 Å². The molecule has 0 aliphatic rings. The Kier molecular flexibility index (Phi) is 3.04. The van der Waals surface area contributed by atoms with E-state index in [1.807, 2.05) is 12.1 Å². The number of nitrogens with zero attached hydrogens (tertiary/aromatic N) is 2. The van der Waals surface area contributed by atoms with E-state index in [4.69, 9.17) is 5.26 Å². The van der Waals surface area contributed by atoms with Gasteiger partial charge in [-0.2, -0.15) is 5.26 Å². The summed E-state index contributed by atoms with van der Waals surface area (Å²) < 4.78 is 0.793. The summed E-state index contributed by atoms with van der Waals surface area (Å²) in [6.45, 7) is 0. The normalized spacial score (nSPS) is 9.00. The third kappa shape index (κ3) is 2.07. The van der Waals surface area contributed by atoms with Crippen molar-refractivity contribution < 1.29 is 4.79 Å². The smallest absolute Gasteiger partial charge is 0.302 e. The first-order chi connectivity index (χ1) is 6.16. The van der Waals surface area contributed by atoms with Crippen molar-refractivity contribution in [3.63, 3.8) is 0 Å². The van der Waals surface area contributed by atoms with Gasteiger partial charge in [-0.25, -0.2) is 0 Å². The van der Waals surface area contributed by atoms with Crippen LogP contribution in [0.5, 0.6) is 0 Å². The second kappa shape index (κ2) is 4.06. The zero-order valence-corrected chi connectivity index (χ0v) is 8.58. The lowest BCUT2D eigenvalue weighted by molar-refractivity contribution is -0.113. The maximum atomic E-state index is 11.0. The predicted molar refractivity (Wildman–Crippen MR) is 53.2 cm³/mol. The van der Waals surface area contributed by atoms with Crippen LogP contribution in [0.15, 0.2) is 28.7 Å². The molecule has 0 saturated heterocycles. The van der Waals surface area contributed by atoms with Crippen molar-refractivity contribution in [2.24, 2.45) is 0 Å². The minimum atomic E-state index is -0.577. The zero-order chi connectivity index (χ0) is 9.84. The lowest BCUT2D eigenvalue weighted by atomic mass is 10.3. The fourth-order valence-corrected chi connectivity index (χ4v) is 1.46. The molecule has 0 radical (unpaired) electrons. The van der Waals surface area contributed by atoms with Crippen LogP contribution in [-0.2, 0) is 4.79 Å². The molecule has 3 nitrogen and oxygen atoms in total. The molecule has 0 spiro atoms. The second-order valence-electron chi connectivity index (χ2n) is 2.43. The molecule has 0 aliphatic heterocycles. The summed E-state index contributed by atoms with van der Waals surface area (Å²) >= 11 is 3.29. The molecule has 1 amide bonds. The van der Waals surface area contributed by atoms with Gasteiger partial charge in [0.15, 0.2) is 6.07 Å². The molecule has 4 heteroatoms. The molecule has 0 N–H and O–H groups in total.